The molecular formula is C13H19N5. The molecule has 5 heteroatoms. The number of hydrogen-bond acceptors (Lipinski definition) is 4. The summed E-state index contributed by atoms with van der Waals surface area (Å²) < 4.78 is 0. The summed E-state index contributed by atoms with van der Waals surface area (Å²) in [7, 11) is 0. The Bertz CT molecular complexity index is 517. The van der Waals surface area contributed by atoms with Gasteiger partial charge in [0.15, 0.2) is 11.5 Å². The number of aromatic nitrogens is 4. The van der Waals surface area contributed by atoms with Gasteiger partial charge < -0.3 is 10.3 Å². The van der Waals surface area contributed by atoms with Gasteiger partial charge >= 0.3 is 0 Å². The minimum Gasteiger partial charge on any atom is -0.365 e. The van der Waals surface area contributed by atoms with Crippen LogP contribution in [0.15, 0.2) is 19.0 Å². The van der Waals surface area contributed by atoms with Crippen LogP contribution in [-0.2, 0) is 6.42 Å². The van der Waals surface area contributed by atoms with Crippen LogP contribution in [0.4, 0.5) is 5.82 Å². The molecule has 0 amide bonds. The largest absolute Gasteiger partial charge is 0.365 e. The Morgan fingerprint density at radius 3 is 3.06 bits per heavy atom. The lowest BCUT2D eigenvalue weighted by molar-refractivity contribution is 0.696. The third-order valence-corrected chi connectivity index (χ3v) is 2.75. The number of imidazole rings is 1. The number of fused-ring (bicyclic) bond motifs is 1. The fraction of sp³-hybridized carbons (Fsp3) is 0.462. The van der Waals surface area contributed by atoms with E-state index < -0.39 is 0 Å². The number of nitrogens with one attached hydrogen (secondary N) is 2. The monoisotopic (exact) mass is 245 g/mol. The average molecular weight is 245 g/mol. The van der Waals surface area contributed by atoms with Crippen molar-refractivity contribution in [1.82, 2.24) is 19.9 Å². The summed E-state index contributed by atoms with van der Waals surface area (Å²) in [5, 5.41) is 3.21. The van der Waals surface area contributed by atoms with Crippen LogP contribution in [0.3, 0.4) is 0 Å². The van der Waals surface area contributed by atoms with Crippen LogP contribution in [0.5, 0.6) is 0 Å². The SMILES string of the molecule is C=CCNc1nc(CCCCC)nc2nc[nH]c12. The average Bonchev–Trinajstić information content (AvgIpc) is 2.84. The molecule has 2 N–H and O–H groups in total. The van der Waals surface area contributed by atoms with E-state index in [9.17, 15) is 0 Å². The molecular weight excluding hydrogens is 226 g/mol. The van der Waals surface area contributed by atoms with E-state index >= 15 is 0 Å². The van der Waals surface area contributed by atoms with Crippen molar-refractivity contribution in [1.29, 1.82) is 0 Å². The number of aryl methyl sites for hydroxylation is 1. The Kier molecular flexibility index (Phi) is 4.28. The van der Waals surface area contributed by atoms with Crippen molar-refractivity contribution in [2.24, 2.45) is 0 Å². The standard InChI is InChI=1S/C13H19N5/c1-3-5-6-7-10-17-12(14-8-4-2)11-13(18-10)16-9-15-11/h4,9H,2-3,5-8H2,1H3,(H2,14,15,16,17,18). The van der Waals surface area contributed by atoms with Crippen molar-refractivity contribution in [2.45, 2.75) is 32.6 Å². The quantitative estimate of drug-likeness (QED) is 0.581. The number of hydrogen-bond donors (Lipinski definition) is 2. The number of rotatable bonds is 7. The Balaban J connectivity index is 2.22. The maximum Gasteiger partial charge on any atom is 0.183 e. The molecule has 18 heavy (non-hydrogen) atoms. The molecule has 2 aromatic heterocycles. The lowest BCUT2D eigenvalue weighted by atomic mass is 10.2. The molecule has 0 spiro atoms. The molecule has 0 aliphatic rings. The van der Waals surface area contributed by atoms with Crippen molar-refractivity contribution >= 4 is 17.0 Å². The summed E-state index contributed by atoms with van der Waals surface area (Å²) in [6.45, 7) is 6.56. The Labute approximate surface area is 107 Å². The zero-order valence-electron chi connectivity index (χ0n) is 10.7. The van der Waals surface area contributed by atoms with Crippen molar-refractivity contribution < 1.29 is 0 Å². The van der Waals surface area contributed by atoms with E-state index in [-0.39, 0.29) is 0 Å². The lowest BCUT2D eigenvalue weighted by Crippen LogP contribution is -2.05. The molecule has 2 heterocycles. The molecule has 96 valence electrons. The highest BCUT2D eigenvalue weighted by Crippen LogP contribution is 2.17. The molecule has 0 aliphatic heterocycles. The molecule has 0 radical (unpaired) electrons. The van der Waals surface area contributed by atoms with Gasteiger partial charge in [0.2, 0.25) is 0 Å². The van der Waals surface area contributed by atoms with Gasteiger partial charge in [-0.2, -0.15) is 0 Å². The second-order valence-electron chi connectivity index (χ2n) is 4.22. The van der Waals surface area contributed by atoms with Gasteiger partial charge in [0, 0.05) is 13.0 Å². The zero-order valence-corrected chi connectivity index (χ0v) is 10.7. The number of nitrogens with zero attached hydrogens (tertiary/aromatic N) is 3. The molecule has 0 saturated heterocycles. The summed E-state index contributed by atoms with van der Waals surface area (Å²) in [5.41, 5.74) is 1.58. The van der Waals surface area contributed by atoms with Gasteiger partial charge in [-0.3, -0.25) is 0 Å². The number of H-pyrrole nitrogens is 1. The third kappa shape index (κ3) is 2.85. The van der Waals surface area contributed by atoms with Gasteiger partial charge in [-0.25, -0.2) is 15.0 Å². The van der Waals surface area contributed by atoms with Gasteiger partial charge in [0.1, 0.15) is 11.3 Å². The predicted molar refractivity (Wildman–Crippen MR) is 73.6 cm³/mol. The highest BCUT2D eigenvalue weighted by atomic mass is 15.1. The lowest BCUT2D eigenvalue weighted by Gasteiger charge is -2.06. The molecule has 0 saturated carbocycles. The topological polar surface area (TPSA) is 66.5 Å². The maximum absolute atomic E-state index is 4.54. The van der Waals surface area contributed by atoms with Crippen molar-refractivity contribution in [3.05, 3.63) is 24.8 Å². The fourth-order valence-electron chi connectivity index (χ4n) is 1.82. The zero-order chi connectivity index (χ0) is 12.8. The third-order valence-electron chi connectivity index (χ3n) is 2.75. The molecule has 5 nitrogen and oxygen atoms in total. The van der Waals surface area contributed by atoms with Crippen LogP contribution in [0, 0.1) is 0 Å². The highest BCUT2D eigenvalue weighted by molar-refractivity contribution is 5.82. The molecule has 0 aromatic carbocycles. The summed E-state index contributed by atoms with van der Waals surface area (Å²) in [6, 6.07) is 0. The van der Waals surface area contributed by atoms with Gasteiger partial charge in [0.25, 0.3) is 0 Å². The minimum absolute atomic E-state index is 0.680. The van der Waals surface area contributed by atoms with Crippen molar-refractivity contribution in [3.63, 3.8) is 0 Å². The molecule has 0 fully saturated rings. The Morgan fingerprint density at radius 2 is 2.28 bits per heavy atom. The number of aromatic amines is 1. The Hall–Kier alpha value is -1.91. The van der Waals surface area contributed by atoms with Crippen LogP contribution in [0.2, 0.25) is 0 Å². The number of anilines is 1. The van der Waals surface area contributed by atoms with E-state index in [2.05, 4.69) is 38.8 Å². The first kappa shape index (κ1) is 12.5. The molecule has 0 atom stereocenters. The minimum atomic E-state index is 0.680. The summed E-state index contributed by atoms with van der Waals surface area (Å²) in [4.78, 5) is 16.3. The van der Waals surface area contributed by atoms with Crippen molar-refractivity contribution in [3.8, 4) is 0 Å². The van der Waals surface area contributed by atoms with Crippen LogP contribution in [-0.4, -0.2) is 26.5 Å². The fourth-order valence-corrected chi connectivity index (χ4v) is 1.82. The van der Waals surface area contributed by atoms with Gasteiger partial charge in [-0.05, 0) is 6.42 Å². The van der Waals surface area contributed by atoms with Gasteiger partial charge in [-0.15, -0.1) is 6.58 Å². The summed E-state index contributed by atoms with van der Waals surface area (Å²) in [6.07, 6.45) is 7.88. The normalized spacial score (nSPS) is 10.7. The molecule has 0 aliphatic carbocycles. The first-order chi connectivity index (χ1) is 8.85. The molecule has 0 unspecified atom stereocenters. The Morgan fingerprint density at radius 1 is 1.39 bits per heavy atom. The van der Waals surface area contributed by atoms with Crippen LogP contribution in [0.1, 0.15) is 32.0 Å². The maximum atomic E-state index is 4.54. The molecule has 2 aromatic rings. The van der Waals surface area contributed by atoms with Crippen LogP contribution < -0.4 is 5.32 Å². The number of unbranched alkanes of at least 4 members (excludes halogenated alkanes) is 2. The first-order valence-electron chi connectivity index (χ1n) is 6.40. The van der Waals surface area contributed by atoms with E-state index in [0.29, 0.717) is 6.54 Å². The van der Waals surface area contributed by atoms with Gasteiger partial charge in [-0.1, -0.05) is 25.8 Å². The van der Waals surface area contributed by atoms with E-state index in [1.54, 1.807) is 12.4 Å². The second-order valence-corrected chi connectivity index (χ2v) is 4.22. The van der Waals surface area contributed by atoms with Crippen LogP contribution in [0.25, 0.3) is 11.2 Å². The van der Waals surface area contributed by atoms with E-state index in [1.807, 2.05) is 0 Å². The molecule has 2 rings (SSSR count). The predicted octanol–water partition coefficient (Wildman–Crippen LogP) is 2.68. The smallest absolute Gasteiger partial charge is 0.183 e. The van der Waals surface area contributed by atoms with E-state index in [0.717, 1.165) is 35.6 Å². The van der Waals surface area contributed by atoms with Crippen LogP contribution >= 0.6 is 0 Å². The second kappa shape index (κ2) is 6.14. The highest BCUT2D eigenvalue weighted by Gasteiger charge is 2.08. The van der Waals surface area contributed by atoms with E-state index in [1.165, 1.54) is 12.8 Å². The van der Waals surface area contributed by atoms with Gasteiger partial charge in [0.05, 0.1) is 6.33 Å². The van der Waals surface area contributed by atoms with E-state index in [4.69, 9.17) is 0 Å². The first-order valence-corrected chi connectivity index (χ1v) is 6.40. The summed E-state index contributed by atoms with van der Waals surface area (Å²) >= 11 is 0. The van der Waals surface area contributed by atoms with Crippen molar-refractivity contribution in [2.75, 3.05) is 11.9 Å². The molecule has 0 bridgehead atoms. The summed E-state index contributed by atoms with van der Waals surface area (Å²) in [5.74, 6) is 1.67.